The van der Waals surface area contributed by atoms with Crippen molar-refractivity contribution >= 4 is 11.9 Å². The van der Waals surface area contributed by atoms with E-state index in [4.69, 9.17) is 10.2 Å². The van der Waals surface area contributed by atoms with Gasteiger partial charge in [0.1, 0.15) is 5.75 Å². The Hall–Kier alpha value is -2.08. The normalized spacial score (nSPS) is 13.0. The Morgan fingerprint density at radius 3 is 1.46 bits per heavy atom. The van der Waals surface area contributed by atoms with Gasteiger partial charge < -0.3 is 20.4 Å². The van der Waals surface area contributed by atoms with Crippen LogP contribution in [0.15, 0.2) is 12.1 Å². The summed E-state index contributed by atoms with van der Waals surface area (Å²) < 4.78 is 0. The third-order valence-electron chi connectivity index (χ3n) is 3.95. The minimum Gasteiger partial charge on any atom is -0.507 e. The summed E-state index contributed by atoms with van der Waals surface area (Å²) in [5.74, 6) is -3.54. The fourth-order valence-corrected chi connectivity index (χ4v) is 2.48. The van der Waals surface area contributed by atoms with Gasteiger partial charge in [-0.25, -0.2) is 9.59 Å². The molecule has 0 aromatic heterocycles. The highest BCUT2D eigenvalue weighted by Crippen LogP contribution is 2.40. The fraction of sp³-hybridized carbons (Fsp3) is 0.556. The van der Waals surface area contributed by atoms with Gasteiger partial charge >= 0.3 is 11.9 Å². The van der Waals surface area contributed by atoms with Crippen LogP contribution in [0.1, 0.15) is 58.2 Å². The predicted molar refractivity (Wildman–Crippen MR) is 89.4 cm³/mol. The summed E-state index contributed by atoms with van der Waals surface area (Å²) in [6.07, 6.45) is -0.593. The van der Waals surface area contributed by atoms with E-state index in [1.807, 2.05) is 41.5 Å². The van der Waals surface area contributed by atoms with Crippen molar-refractivity contribution in [3.63, 3.8) is 0 Å². The Balaban J connectivity index is 3.61. The summed E-state index contributed by atoms with van der Waals surface area (Å²) in [5, 5.41) is 38.8. The first-order valence-electron chi connectivity index (χ1n) is 7.66. The SMILES string of the molecule is CC(C)(C)c1cc(CC(O)(C(=O)O)C(=O)O)cc(C(C)(C)C)c1O. The second kappa shape index (κ2) is 6.09. The largest absolute Gasteiger partial charge is 0.507 e. The quantitative estimate of drug-likeness (QED) is 0.627. The molecule has 1 rings (SSSR count). The topological polar surface area (TPSA) is 115 Å². The number of carboxylic acid groups (broad SMARTS) is 2. The first kappa shape index (κ1) is 20.0. The molecule has 24 heavy (non-hydrogen) atoms. The molecule has 4 N–H and O–H groups in total. The number of hydrogen-bond donors (Lipinski definition) is 4. The molecule has 6 nitrogen and oxygen atoms in total. The summed E-state index contributed by atoms with van der Waals surface area (Å²) in [6.45, 7) is 11.3. The Morgan fingerprint density at radius 1 is 0.875 bits per heavy atom. The highest BCUT2D eigenvalue weighted by molar-refractivity contribution is 6.01. The highest BCUT2D eigenvalue weighted by Gasteiger charge is 2.45. The van der Waals surface area contributed by atoms with Crippen LogP contribution in [0.2, 0.25) is 0 Å². The number of hydrogen-bond acceptors (Lipinski definition) is 4. The summed E-state index contributed by atoms with van der Waals surface area (Å²) in [7, 11) is 0. The standard InChI is InChI=1S/C18H26O6/c1-16(2,3)11-7-10(8-12(13(11)19)17(4,5)6)9-18(24,14(20)21)15(22)23/h7-8,19,24H,9H2,1-6H3,(H,20,21)(H,22,23). The van der Waals surface area contributed by atoms with Crippen molar-refractivity contribution in [1.82, 2.24) is 0 Å². The predicted octanol–water partition coefficient (Wildman–Crippen LogP) is 2.43. The number of carboxylic acids is 2. The van der Waals surface area contributed by atoms with Crippen LogP contribution in [0.5, 0.6) is 5.75 Å². The van der Waals surface area contributed by atoms with E-state index in [2.05, 4.69) is 0 Å². The second-order valence-electron chi connectivity index (χ2n) is 8.19. The third kappa shape index (κ3) is 3.87. The van der Waals surface area contributed by atoms with Crippen molar-refractivity contribution in [2.24, 2.45) is 0 Å². The molecular weight excluding hydrogens is 312 g/mol. The molecule has 0 unspecified atom stereocenters. The third-order valence-corrected chi connectivity index (χ3v) is 3.95. The van der Waals surface area contributed by atoms with Crippen LogP contribution in [0.25, 0.3) is 0 Å². The van der Waals surface area contributed by atoms with Gasteiger partial charge in [-0.3, -0.25) is 0 Å². The molecule has 0 amide bonds. The van der Waals surface area contributed by atoms with Gasteiger partial charge in [-0.05, 0) is 27.5 Å². The maximum Gasteiger partial charge on any atom is 0.347 e. The number of aromatic hydroxyl groups is 1. The summed E-state index contributed by atoms with van der Waals surface area (Å²) in [6, 6.07) is 3.11. The molecule has 134 valence electrons. The van der Waals surface area contributed by atoms with Crippen LogP contribution in [-0.2, 0) is 26.8 Å². The van der Waals surface area contributed by atoms with E-state index in [1.165, 1.54) is 0 Å². The first-order valence-corrected chi connectivity index (χ1v) is 7.66. The van der Waals surface area contributed by atoms with Crippen LogP contribution in [0.3, 0.4) is 0 Å². The molecular formula is C18H26O6. The molecule has 0 aliphatic heterocycles. The number of rotatable bonds is 4. The Morgan fingerprint density at radius 2 is 1.21 bits per heavy atom. The maximum absolute atomic E-state index is 11.2. The van der Waals surface area contributed by atoms with E-state index in [0.717, 1.165) is 0 Å². The molecule has 0 bridgehead atoms. The second-order valence-corrected chi connectivity index (χ2v) is 8.19. The lowest BCUT2D eigenvalue weighted by atomic mass is 9.77. The molecule has 0 atom stereocenters. The highest BCUT2D eigenvalue weighted by atomic mass is 16.4. The van der Waals surface area contributed by atoms with E-state index in [0.29, 0.717) is 16.7 Å². The molecule has 0 aliphatic rings. The average molecular weight is 338 g/mol. The van der Waals surface area contributed by atoms with Gasteiger partial charge in [-0.1, -0.05) is 53.7 Å². The van der Waals surface area contributed by atoms with Crippen molar-refractivity contribution < 1.29 is 30.0 Å². The Labute approximate surface area is 141 Å². The lowest BCUT2D eigenvalue weighted by molar-refractivity contribution is -0.175. The van der Waals surface area contributed by atoms with Gasteiger partial charge in [0.25, 0.3) is 5.60 Å². The van der Waals surface area contributed by atoms with Gasteiger partial charge in [0.2, 0.25) is 0 Å². The van der Waals surface area contributed by atoms with Crippen LogP contribution in [0.4, 0.5) is 0 Å². The molecule has 6 heteroatoms. The van der Waals surface area contributed by atoms with Crippen molar-refractivity contribution in [2.75, 3.05) is 0 Å². The zero-order chi connectivity index (χ0) is 19.1. The van der Waals surface area contributed by atoms with Crippen molar-refractivity contribution in [1.29, 1.82) is 0 Å². The molecule has 1 aromatic rings. The number of carbonyl (C=O) groups is 2. The van der Waals surface area contributed by atoms with Crippen molar-refractivity contribution in [2.45, 2.75) is 64.4 Å². The summed E-state index contributed by atoms with van der Waals surface area (Å²) in [4.78, 5) is 22.4. The van der Waals surface area contributed by atoms with Gasteiger partial charge in [0.05, 0.1) is 0 Å². The van der Waals surface area contributed by atoms with E-state index in [9.17, 15) is 19.8 Å². The molecule has 1 aromatic carbocycles. The number of benzene rings is 1. The van der Waals surface area contributed by atoms with Crippen LogP contribution < -0.4 is 0 Å². The zero-order valence-corrected chi connectivity index (χ0v) is 15.0. The molecule has 0 heterocycles. The van der Waals surface area contributed by atoms with Crippen LogP contribution in [-0.4, -0.2) is 38.0 Å². The minimum atomic E-state index is -2.92. The van der Waals surface area contributed by atoms with Gasteiger partial charge in [-0.2, -0.15) is 0 Å². The lowest BCUT2D eigenvalue weighted by Crippen LogP contribution is -2.48. The molecule has 0 radical (unpaired) electrons. The molecule has 0 saturated heterocycles. The zero-order valence-electron chi connectivity index (χ0n) is 15.0. The van der Waals surface area contributed by atoms with E-state index < -0.39 is 34.8 Å². The van der Waals surface area contributed by atoms with Crippen LogP contribution in [0, 0.1) is 0 Å². The van der Waals surface area contributed by atoms with Gasteiger partial charge in [0, 0.05) is 6.42 Å². The molecule has 0 aliphatic carbocycles. The maximum atomic E-state index is 11.2. The van der Waals surface area contributed by atoms with Gasteiger partial charge in [0.15, 0.2) is 0 Å². The summed E-state index contributed by atoms with van der Waals surface area (Å²) in [5.41, 5.74) is -2.31. The number of phenols is 1. The average Bonchev–Trinajstić information content (AvgIpc) is 2.37. The Kier molecular flexibility index (Phi) is 5.07. The van der Waals surface area contributed by atoms with E-state index >= 15 is 0 Å². The fourth-order valence-electron chi connectivity index (χ4n) is 2.48. The van der Waals surface area contributed by atoms with Crippen LogP contribution >= 0.6 is 0 Å². The number of aliphatic hydroxyl groups is 1. The minimum absolute atomic E-state index is 0.105. The van der Waals surface area contributed by atoms with E-state index in [1.54, 1.807) is 12.1 Å². The first-order chi connectivity index (χ1) is 10.6. The molecule has 0 fully saturated rings. The molecule has 0 saturated carbocycles. The number of phenolic OH excluding ortho intramolecular Hbond substituents is 1. The number of aliphatic carboxylic acids is 2. The monoisotopic (exact) mass is 338 g/mol. The molecule has 0 spiro atoms. The Bertz CT molecular complexity index is 612. The lowest BCUT2D eigenvalue weighted by Gasteiger charge is -2.29. The van der Waals surface area contributed by atoms with E-state index in [-0.39, 0.29) is 5.75 Å². The van der Waals surface area contributed by atoms with Crippen molar-refractivity contribution in [3.05, 3.63) is 28.8 Å². The van der Waals surface area contributed by atoms with Gasteiger partial charge in [-0.15, -0.1) is 0 Å². The van der Waals surface area contributed by atoms with Crippen molar-refractivity contribution in [3.8, 4) is 5.75 Å². The smallest absolute Gasteiger partial charge is 0.347 e. The summed E-state index contributed by atoms with van der Waals surface area (Å²) >= 11 is 0.